The molecule has 0 aromatic heterocycles. The lowest BCUT2D eigenvalue weighted by Gasteiger charge is -2.34. The first-order chi connectivity index (χ1) is 10.1. The number of nitrogen functional groups attached to an aromatic ring is 1. The molecule has 3 atom stereocenters. The molecule has 1 aromatic rings. The number of benzene rings is 1. The molecule has 3 aliphatic heterocycles. The molecule has 0 saturated carbocycles. The molecule has 1 aromatic carbocycles. The first-order valence-corrected chi connectivity index (χ1v) is 7.58. The van der Waals surface area contributed by atoms with Gasteiger partial charge in [-0.2, -0.15) is 0 Å². The van der Waals surface area contributed by atoms with E-state index in [9.17, 15) is 5.11 Å². The molecule has 3 aliphatic rings. The van der Waals surface area contributed by atoms with Crippen LogP contribution in [0.5, 0.6) is 5.75 Å². The van der Waals surface area contributed by atoms with Gasteiger partial charge < -0.3 is 25.1 Å². The fraction of sp³-hybridized carbons (Fsp3) is 0.625. The van der Waals surface area contributed by atoms with Gasteiger partial charge >= 0.3 is 0 Å². The van der Waals surface area contributed by atoms with Crippen molar-refractivity contribution in [1.29, 1.82) is 0 Å². The Morgan fingerprint density at radius 2 is 1.48 bits per heavy atom. The summed E-state index contributed by atoms with van der Waals surface area (Å²) < 4.78 is 16.4. The Labute approximate surface area is 124 Å². The molecule has 0 radical (unpaired) electrons. The van der Waals surface area contributed by atoms with Gasteiger partial charge in [-0.15, -0.1) is 0 Å². The van der Waals surface area contributed by atoms with Gasteiger partial charge in [-0.1, -0.05) is 0 Å². The molecule has 5 heteroatoms. The van der Waals surface area contributed by atoms with E-state index in [0.717, 1.165) is 44.6 Å². The predicted octanol–water partition coefficient (Wildman–Crippen LogP) is 1.58. The van der Waals surface area contributed by atoms with Crippen molar-refractivity contribution in [2.45, 2.75) is 43.0 Å². The maximum atomic E-state index is 10.4. The molecular formula is C16H21NO4. The highest BCUT2D eigenvalue weighted by atomic mass is 16.6. The summed E-state index contributed by atoms with van der Waals surface area (Å²) in [6.45, 7) is 2.42. The number of rotatable bonds is 7. The Balaban J connectivity index is 1.71. The summed E-state index contributed by atoms with van der Waals surface area (Å²) in [5.41, 5.74) is 7.38. The van der Waals surface area contributed by atoms with Gasteiger partial charge in [0.25, 0.3) is 0 Å². The Morgan fingerprint density at radius 1 is 1.00 bits per heavy atom. The van der Waals surface area contributed by atoms with Crippen LogP contribution in [0.15, 0.2) is 18.2 Å². The summed E-state index contributed by atoms with van der Waals surface area (Å²) in [5.74, 6) is 0.311. The van der Waals surface area contributed by atoms with Crippen molar-refractivity contribution in [3.63, 3.8) is 0 Å². The average Bonchev–Trinajstić information content (AvgIpc) is 3.27. The van der Waals surface area contributed by atoms with Crippen LogP contribution in [0.3, 0.4) is 0 Å². The Hall–Kier alpha value is -1.30. The van der Waals surface area contributed by atoms with Gasteiger partial charge in [0.1, 0.15) is 5.75 Å². The van der Waals surface area contributed by atoms with Gasteiger partial charge in [0.05, 0.1) is 38.1 Å². The minimum atomic E-state index is -0.178. The van der Waals surface area contributed by atoms with Crippen LogP contribution in [-0.4, -0.2) is 43.2 Å². The number of aromatic hydroxyl groups is 1. The van der Waals surface area contributed by atoms with Gasteiger partial charge in [-0.05, 0) is 37.5 Å². The summed E-state index contributed by atoms with van der Waals surface area (Å²) in [5, 5.41) is 10.4. The van der Waals surface area contributed by atoms with E-state index < -0.39 is 0 Å². The highest BCUT2D eigenvalue weighted by Crippen LogP contribution is 2.48. The molecule has 0 bridgehead atoms. The van der Waals surface area contributed by atoms with Crippen molar-refractivity contribution >= 4 is 5.69 Å². The van der Waals surface area contributed by atoms with E-state index in [-0.39, 0.29) is 23.7 Å². The third kappa shape index (κ3) is 3.00. The zero-order valence-electron chi connectivity index (χ0n) is 12.0. The maximum Gasteiger partial charge on any atom is 0.119 e. The highest BCUT2D eigenvalue weighted by Gasteiger charge is 2.48. The lowest BCUT2D eigenvalue weighted by Crippen LogP contribution is -2.32. The lowest BCUT2D eigenvalue weighted by molar-refractivity contribution is 0.228. The molecule has 0 aliphatic carbocycles. The Morgan fingerprint density at radius 3 is 1.90 bits per heavy atom. The van der Waals surface area contributed by atoms with Crippen LogP contribution in [0.1, 0.15) is 24.8 Å². The summed E-state index contributed by atoms with van der Waals surface area (Å²) in [4.78, 5) is 0. The first kappa shape index (κ1) is 13.4. The second-order valence-electron chi connectivity index (χ2n) is 6.54. The molecular weight excluding hydrogens is 270 g/mol. The maximum absolute atomic E-state index is 10.4. The molecule has 3 N–H and O–H groups in total. The van der Waals surface area contributed by atoms with Crippen LogP contribution in [0.4, 0.5) is 5.69 Å². The van der Waals surface area contributed by atoms with Gasteiger partial charge in [0.2, 0.25) is 0 Å². The van der Waals surface area contributed by atoms with Gasteiger partial charge in [0, 0.05) is 16.7 Å². The van der Waals surface area contributed by atoms with Crippen molar-refractivity contribution in [1.82, 2.24) is 0 Å². The van der Waals surface area contributed by atoms with Crippen molar-refractivity contribution in [3.8, 4) is 5.75 Å². The molecule has 3 heterocycles. The summed E-state index contributed by atoms with van der Waals surface area (Å²) in [6, 6.07) is 5.33. The van der Waals surface area contributed by atoms with Crippen molar-refractivity contribution < 1.29 is 19.3 Å². The van der Waals surface area contributed by atoms with E-state index in [2.05, 4.69) is 0 Å². The van der Waals surface area contributed by atoms with Crippen LogP contribution >= 0.6 is 0 Å². The van der Waals surface area contributed by atoms with E-state index in [1.165, 1.54) is 0 Å². The highest BCUT2D eigenvalue weighted by molar-refractivity contribution is 5.51. The van der Waals surface area contributed by atoms with E-state index in [0.29, 0.717) is 11.4 Å². The molecule has 4 rings (SSSR count). The predicted molar refractivity (Wildman–Crippen MR) is 77.3 cm³/mol. The normalized spacial score (nSPS) is 32.5. The number of hydrogen-bond acceptors (Lipinski definition) is 5. The Kier molecular flexibility index (Phi) is 3.10. The van der Waals surface area contributed by atoms with Crippen LogP contribution in [0, 0.1) is 0 Å². The van der Waals surface area contributed by atoms with Gasteiger partial charge in [-0.25, -0.2) is 0 Å². The Bertz CT molecular complexity index is 499. The topological polar surface area (TPSA) is 83.8 Å². The summed E-state index contributed by atoms with van der Waals surface area (Å²) in [7, 11) is 0. The largest absolute Gasteiger partial charge is 0.508 e. The van der Waals surface area contributed by atoms with E-state index in [1.54, 1.807) is 12.1 Å². The molecule has 3 unspecified atom stereocenters. The fourth-order valence-corrected chi connectivity index (χ4v) is 3.42. The minimum absolute atomic E-state index is 0.178. The molecule has 0 amide bonds. The quantitative estimate of drug-likeness (QED) is 0.453. The number of anilines is 1. The van der Waals surface area contributed by atoms with Crippen LogP contribution in [0.2, 0.25) is 0 Å². The third-order valence-electron chi connectivity index (χ3n) is 4.65. The monoisotopic (exact) mass is 291 g/mol. The van der Waals surface area contributed by atoms with Crippen LogP contribution < -0.4 is 5.73 Å². The van der Waals surface area contributed by atoms with E-state index >= 15 is 0 Å². The lowest BCUT2D eigenvalue weighted by atomic mass is 9.69. The second kappa shape index (κ2) is 4.87. The molecule has 21 heavy (non-hydrogen) atoms. The molecule has 3 saturated heterocycles. The van der Waals surface area contributed by atoms with E-state index in [1.807, 2.05) is 6.07 Å². The standard InChI is InChI=1S/C16H21NO4/c17-10-1-2-15(18)14(3-10)16(4-11-7-19-11,5-12-8-20-12)6-13-9-21-13/h1-3,11-13,18H,4-9,17H2. The van der Waals surface area contributed by atoms with Crippen LogP contribution in [0.25, 0.3) is 0 Å². The number of phenolic OH excluding ortho intramolecular Hbond substituents is 1. The van der Waals surface area contributed by atoms with E-state index in [4.69, 9.17) is 19.9 Å². The molecule has 3 fully saturated rings. The number of epoxide rings is 3. The minimum Gasteiger partial charge on any atom is -0.508 e. The number of hydrogen-bond donors (Lipinski definition) is 2. The number of phenols is 1. The SMILES string of the molecule is Nc1ccc(O)c(C(CC2CO2)(CC2CO2)CC2CO2)c1. The fourth-order valence-electron chi connectivity index (χ4n) is 3.42. The first-order valence-electron chi connectivity index (χ1n) is 7.58. The zero-order valence-corrected chi connectivity index (χ0v) is 12.0. The van der Waals surface area contributed by atoms with Crippen molar-refractivity contribution in [2.24, 2.45) is 0 Å². The molecule has 0 spiro atoms. The number of nitrogens with two attached hydrogens (primary N) is 1. The third-order valence-corrected chi connectivity index (χ3v) is 4.65. The average molecular weight is 291 g/mol. The summed E-state index contributed by atoms with van der Waals surface area (Å²) in [6.07, 6.45) is 3.52. The van der Waals surface area contributed by atoms with Crippen LogP contribution in [-0.2, 0) is 19.6 Å². The van der Waals surface area contributed by atoms with Crippen molar-refractivity contribution in [3.05, 3.63) is 23.8 Å². The number of ether oxygens (including phenoxy) is 3. The smallest absolute Gasteiger partial charge is 0.119 e. The zero-order chi connectivity index (χ0) is 14.4. The molecule has 5 nitrogen and oxygen atoms in total. The second-order valence-corrected chi connectivity index (χ2v) is 6.54. The van der Waals surface area contributed by atoms with Gasteiger partial charge in [-0.3, -0.25) is 0 Å². The summed E-state index contributed by atoms with van der Waals surface area (Å²) >= 11 is 0. The van der Waals surface area contributed by atoms with Gasteiger partial charge in [0.15, 0.2) is 0 Å². The van der Waals surface area contributed by atoms with Crippen molar-refractivity contribution in [2.75, 3.05) is 25.6 Å². The molecule has 114 valence electrons.